The predicted octanol–water partition coefficient (Wildman–Crippen LogP) is 2.69. The fraction of sp³-hybridized carbons (Fsp3) is 0.500. The third-order valence-corrected chi connectivity index (χ3v) is 4.96. The van der Waals surface area contributed by atoms with Gasteiger partial charge in [-0.25, -0.2) is 9.97 Å². The van der Waals surface area contributed by atoms with E-state index in [0.29, 0.717) is 24.5 Å². The second kappa shape index (κ2) is 7.51. The molecule has 0 aliphatic carbocycles. The number of carbonyl (C=O) groups is 1. The molecule has 5 nitrogen and oxygen atoms in total. The SMILES string of the molecule is CCCc1nc(C)c(CNC(=O)CCc2csc(N)n2)s1. The molecular weight excluding hydrogens is 304 g/mol. The van der Waals surface area contributed by atoms with Crippen molar-refractivity contribution in [3.63, 3.8) is 0 Å². The lowest BCUT2D eigenvalue weighted by molar-refractivity contribution is -0.121. The highest BCUT2D eigenvalue weighted by molar-refractivity contribution is 7.13. The van der Waals surface area contributed by atoms with Gasteiger partial charge in [-0.2, -0.15) is 0 Å². The monoisotopic (exact) mass is 324 g/mol. The zero-order valence-corrected chi connectivity index (χ0v) is 13.9. The summed E-state index contributed by atoms with van der Waals surface area (Å²) in [6.07, 6.45) is 3.16. The van der Waals surface area contributed by atoms with E-state index in [1.165, 1.54) is 11.3 Å². The molecular formula is C14H20N4OS2. The van der Waals surface area contributed by atoms with Crippen LogP contribution in [0.5, 0.6) is 0 Å². The van der Waals surface area contributed by atoms with Gasteiger partial charge in [0, 0.05) is 16.7 Å². The van der Waals surface area contributed by atoms with E-state index in [2.05, 4.69) is 22.2 Å². The van der Waals surface area contributed by atoms with E-state index >= 15 is 0 Å². The molecule has 21 heavy (non-hydrogen) atoms. The molecule has 2 aromatic rings. The maximum Gasteiger partial charge on any atom is 0.220 e. The fourth-order valence-corrected chi connectivity index (χ4v) is 3.63. The highest BCUT2D eigenvalue weighted by Crippen LogP contribution is 2.19. The van der Waals surface area contributed by atoms with Gasteiger partial charge >= 0.3 is 0 Å². The average Bonchev–Trinajstić information content (AvgIpc) is 3.01. The Balaban J connectivity index is 1.78. The predicted molar refractivity (Wildman–Crippen MR) is 87.5 cm³/mol. The number of aromatic nitrogens is 2. The highest BCUT2D eigenvalue weighted by Gasteiger charge is 2.09. The maximum absolute atomic E-state index is 11.9. The Hall–Kier alpha value is -1.47. The van der Waals surface area contributed by atoms with Gasteiger partial charge in [0.1, 0.15) is 0 Å². The molecule has 0 fully saturated rings. The second-order valence-corrected chi connectivity index (χ2v) is 6.88. The average molecular weight is 324 g/mol. The Bertz CT molecular complexity index is 606. The molecule has 3 N–H and O–H groups in total. The van der Waals surface area contributed by atoms with Crippen LogP contribution in [-0.2, 0) is 24.2 Å². The summed E-state index contributed by atoms with van der Waals surface area (Å²) in [7, 11) is 0. The Morgan fingerprint density at radius 2 is 2.19 bits per heavy atom. The molecule has 0 atom stereocenters. The Kier molecular flexibility index (Phi) is 5.69. The summed E-state index contributed by atoms with van der Waals surface area (Å²) in [4.78, 5) is 21.7. The molecule has 0 saturated carbocycles. The minimum absolute atomic E-state index is 0.0337. The van der Waals surface area contributed by atoms with Crippen LogP contribution in [0.3, 0.4) is 0 Å². The molecule has 2 heterocycles. The largest absolute Gasteiger partial charge is 0.375 e. The molecule has 0 saturated heterocycles. The first-order valence-corrected chi connectivity index (χ1v) is 8.69. The summed E-state index contributed by atoms with van der Waals surface area (Å²) >= 11 is 3.09. The number of hydrogen-bond acceptors (Lipinski definition) is 6. The third-order valence-electron chi connectivity index (χ3n) is 3.02. The number of carbonyl (C=O) groups excluding carboxylic acids is 1. The quantitative estimate of drug-likeness (QED) is 0.820. The van der Waals surface area contributed by atoms with Crippen LogP contribution in [0.25, 0.3) is 0 Å². The summed E-state index contributed by atoms with van der Waals surface area (Å²) in [5.74, 6) is 0.0337. The molecule has 2 aromatic heterocycles. The molecule has 0 aromatic carbocycles. The van der Waals surface area contributed by atoms with E-state index in [0.717, 1.165) is 34.1 Å². The topological polar surface area (TPSA) is 80.9 Å². The molecule has 1 amide bonds. The smallest absolute Gasteiger partial charge is 0.220 e. The molecule has 2 rings (SSSR count). The van der Waals surface area contributed by atoms with E-state index in [-0.39, 0.29) is 5.91 Å². The maximum atomic E-state index is 11.9. The molecule has 0 aliphatic rings. The van der Waals surface area contributed by atoms with E-state index in [4.69, 9.17) is 5.73 Å². The zero-order chi connectivity index (χ0) is 15.2. The van der Waals surface area contributed by atoms with Gasteiger partial charge in [0.05, 0.1) is 22.9 Å². The number of nitrogens with two attached hydrogens (primary N) is 1. The standard InChI is InChI=1S/C14H20N4OS2/c1-3-4-13-17-9(2)11(21-13)7-16-12(19)6-5-10-8-20-14(15)18-10/h8H,3-7H2,1-2H3,(H2,15,18)(H,16,19). The molecule has 7 heteroatoms. The van der Waals surface area contributed by atoms with Gasteiger partial charge in [-0.1, -0.05) is 6.92 Å². The van der Waals surface area contributed by atoms with Gasteiger partial charge < -0.3 is 11.1 Å². The van der Waals surface area contributed by atoms with Crippen LogP contribution in [0.1, 0.15) is 41.0 Å². The Morgan fingerprint density at radius 1 is 1.38 bits per heavy atom. The Morgan fingerprint density at radius 3 is 2.86 bits per heavy atom. The van der Waals surface area contributed by atoms with Crippen LogP contribution in [0, 0.1) is 6.92 Å². The summed E-state index contributed by atoms with van der Waals surface area (Å²) in [5, 5.41) is 6.54. The van der Waals surface area contributed by atoms with Gasteiger partial charge in [0.2, 0.25) is 5.91 Å². The summed E-state index contributed by atoms with van der Waals surface area (Å²) in [5.41, 5.74) is 7.47. The van der Waals surface area contributed by atoms with Gasteiger partial charge in [-0.3, -0.25) is 4.79 Å². The molecule has 0 unspecified atom stereocenters. The van der Waals surface area contributed by atoms with Gasteiger partial charge in [0.15, 0.2) is 5.13 Å². The number of aryl methyl sites for hydroxylation is 3. The van der Waals surface area contributed by atoms with Crippen LogP contribution in [-0.4, -0.2) is 15.9 Å². The van der Waals surface area contributed by atoms with Crippen molar-refractivity contribution in [2.45, 2.75) is 46.1 Å². The summed E-state index contributed by atoms with van der Waals surface area (Å²) < 4.78 is 0. The number of nitrogens with zero attached hydrogens (tertiary/aromatic N) is 2. The lowest BCUT2D eigenvalue weighted by Gasteiger charge is -2.03. The number of rotatable bonds is 7. The summed E-state index contributed by atoms with van der Waals surface area (Å²) in [6.45, 7) is 4.70. The minimum Gasteiger partial charge on any atom is -0.375 e. The van der Waals surface area contributed by atoms with Gasteiger partial charge in [0.25, 0.3) is 0 Å². The van der Waals surface area contributed by atoms with Crippen LogP contribution in [0.15, 0.2) is 5.38 Å². The van der Waals surface area contributed by atoms with Crippen LogP contribution in [0.2, 0.25) is 0 Å². The molecule has 0 aliphatic heterocycles. The lowest BCUT2D eigenvalue weighted by atomic mass is 10.2. The number of hydrogen-bond donors (Lipinski definition) is 2. The van der Waals surface area contributed by atoms with Crippen molar-refractivity contribution in [1.82, 2.24) is 15.3 Å². The summed E-state index contributed by atoms with van der Waals surface area (Å²) in [6, 6.07) is 0. The van der Waals surface area contributed by atoms with Crippen LogP contribution >= 0.6 is 22.7 Å². The van der Waals surface area contributed by atoms with Crippen molar-refractivity contribution in [2.75, 3.05) is 5.73 Å². The lowest BCUT2D eigenvalue weighted by Crippen LogP contribution is -2.22. The third kappa shape index (κ3) is 4.78. The second-order valence-electron chi connectivity index (χ2n) is 4.82. The van der Waals surface area contributed by atoms with Crippen LogP contribution in [0.4, 0.5) is 5.13 Å². The zero-order valence-electron chi connectivity index (χ0n) is 12.3. The van der Waals surface area contributed by atoms with Crippen molar-refractivity contribution >= 4 is 33.7 Å². The van der Waals surface area contributed by atoms with E-state index < -0.39 is 0 Å². The minimum atomic E-state index is 0.0337. The molecule has 0 radical (unpaired) electrons. The van der Waals surface area contributed by atoms with Crippen molar-refractivity contribution < 1.29 is 4.79 Å². The van der Waals surface area contributed by atoms with Gasteiger partial charge in [-0.15, -0.1) is 22.7 Å². The first-order valence-electron chi connectivity index (χ1n) is 7.00. The van der Waals surface area contributed by atoms with E-state index in [1.807, 2.05) is 12.3 Å². The van der Waals surface area contributed by atoms with Crippen molar-refractivity contribution in [3.8, 4) is 0 Å². The first-order chi connectivity index (χ1) is 10.1. The number of thiazole rings is 2. The molecule has 0 bridgehead atoms. The van der Waals surface area contributed by atoms with Crippen LogP contribution < -0.4 is 11.1 Å². The number of anilines is 1. The van der Waals surface area contributed by atoms with Gasteiger partial charge in [-0.05, 0) is 26.2 Å². The molecule has 114 valence electrons. The van der Waals surface area contributed by atoms with E-state index in [1.54, 1.807) is 11.3 Å². The number of nitrogen functional groups attached to an aromatic ring is 1. The van der Waals surface area contributed by atoms with E-state index in [9.17, 15) is 4.79 Å². The van der Waals surface area contributed by atoms with Crippen molar-refractivity contribution in [3.05, 3.63) is 26.7 Å². The Labute approximate surface area is 132 Å². The molecule has 0 spiro atoms. The highest BCUT2D eigenvalue weighted by atomic mass is 32.1. The fourth-order valence-electron chi connectivity index (χ4n) is 1.92. The number of amides is 1. The normalized spacial score (nSPS) is 10.8. The number of nitrogens with one attached hydrogen (secondary N) is 1. The van der Waals surface area contributed by atoms with Crippen molar-refractivity contribution in [2.24, 2.45) is 0 Å². The first kappa shape index (κ1) is 15.9. The van der Waals surface area contributed by atoms with Crippen molar-refractivity contribution in [1.29, 1.82) is 0 Å².